The summed E-state index contributed by atoms with van der Waals surface area (Å²) in [6.45, 7) is 1.88. The van der Waals surface area contributed by atoms with Gasteiger partial charge in [0.15, 0.2) is 0 Å². The van der Waals surface area contributed by atoms with Gasteiger partial charge in [-0.25, -0.2) is 17.9 Å². The number of aryl methyl sites for hydroxylation is 1. The fraction of sp³-hybridized carbons (Fsp3) is 0.188. The van der Waals surface area contributed by atoms with E-state index in [1.165, 1.54) is 24.3 Å². The van der Waals surface area contributed by atoms with Gasteiger partial charge < -0.3 is 15.2 Å². The lowest BCUT2D eigenvalue weighted by molar-refractivity contribution is 0.140. The van der Waals surface area contributed by atoms with Gasteiger partial charge in [-0.2, -0.15) is 0 Å². The number of aliphatic hydroxyl groups is 1. The number of ether oxygens (including phenoxy) is 1. The molecule has 0 saturated heterocycles. The van der Waals surface area contributed by atoms with Gasteiger partial charge in [-0.1, -0.05) is 17.7 Å². The number of hydrogen-bond acceptors (Lipinski definition) is 5. The minimum atomic E-state index is -4.10. The smallest absolute Gasteiger partial charge is 0.333 e. The van der Waals surface area contributed by atoms with Crippen LogP contribution in [0.25, 0.3) is 0 Å². The van der Waals surface area contributed by atoms with Crippen molar-refractivity contribution in [2.45, 2.75) is 17.9 Å². The van der Waals surface area contributed by atoms with Crippen LogP contribution in [-0.4, -0.2) is 26.2 Å². The van der Waals surface area contributed by atoms with Crippen molar-refractivity contribution in [2.24, 2.45) is 0 Å². The number of rotatable bonds is 3. The van der Waals surface area contributed by atoms with Gasteiger partial charge in [0.1, 0.15) is 18.5 Å². The molecular formula is C16H15ClN2O5S. The van der Waals surface area contributed by atoms with Crippen LogP contribution in [0.4, 0.5) is 10.5 Å². The lowest BCUT2D eigenvalue weighted by Crippen LogP contribution is -2.34. The number of fused-ring (bicyclic) bond motifs is 1. The zero-order chi connectivity index (χ0) is 18.2. The molecule has 3 rings (SSSR count). The van der Waals surface area contributed by atoms with Gasteiger partial charge in [0.25, 0.3) is 10.0 Å². The van der Waals surface area contributed by atoms with E-state index in [0.29, 0.717) is 22.0 Å². The van der Waals surface area contributed by atoms with Crippen molar-refractivity contribution in [3.8, 4) is 5.75 Å². The molecule has 0 bridgehead atoms. The molecule has 2 aromatic carbocycles. The molecule has 0 saturated carbocycles. The molecule has 9 heteroatoms. The van der Waals surface area contributed by atoms with E-state index >= 15 is 0 Å². The third-order valence-electron chi connectivity index (χ3n) is 3.70. The van der Waals surface area contributed by atoms with Crippen LogP contribution in [0.1, 0.15) is 17.2 Å². The molecule has 2 aromatic rings. The average molecular weight is 383 g/mol. The molecule has 132 valence electrons. The number of sulfonamides is 1. The Labute approximate surface area is 149 Å². The van der Waals surface area contributed by atoms with Crippen molar-refractivity contribution in [3.63, 3.8) is 0 Å². The van der Waals surface area contributed by atoms with Gasteiger partial charge in [0.05, 0.1) is 4.90 Å². The molecule has 2 amide bonds. The van der Waals surface area contributed by atoms with Crippen LogP contribution in [0, 0.1) is 6.92 Å². The first-order chi connectivity index (χ1) is 11.8. The summed E-state index contributed by atoms with van der Waals surface area (Å²) < 4.78 is 31.8. The van der Waals surface area contributed by atoms with E-state index in [4.69, 9.17) is 16.3 Å². The van der Waals surface area contributed by atoms with E-state index in [1.807, 2.05) is 11.6 Å². The second-order valence-corrected chi connectivity index (χ2v) is 7.64. The summed E-state index contributed by atoms with van der Waals surface area (Å²) in [7, 11) is -4.10. The Kier molecular flexibility index (Phi) is 4.59. The van der Waals surface area contributed by atoms with Crippen LogP contribution < -0.4 is 14.8 Å². The third kappa shape index (κ3) is 3.71. The Morgan fingerprint density at radius 2 is 2.04 bits per heavy atom. The molecule has 1 aliphatic rings. The second-order valence-electron chi connectivity index (χ2n) is 5.55. The fourth-order valence-corrected chi connectivity index (χ4v) is 3.48. The SMILES string of the molecule is Cc1ccc(NC(=O)NS(=O)(=O)c2ccc3c(c2)C(O)CO3)cc1Cl. The zero-order valence-corrected chi connectivity index (χ0v) is 14.7. The van der Waals surface area contributed by atoms with Gasteiger partial charge >= 0.3 is 6.03 Å². The van der Waals surface area contributed by atoms with E-state index in [0.717, 1.165) is 5.56 Å². The highest BCUT2D eigenvalue weighted by molar-refractivity contribution is 7.90. The highest BCUT2D eigenvalue weighted by atomic mass is 35.5. The van der Waals surface area contributed by atoms with E-state index in [1.54, 1.807) is 12.1 Å². The number of hydrogen-bond donors (Lipinski definition) is 3. The van der Waals surface area contributed by atoms with Gasteiger partial charge in [0, 0.05) is 16.3 Å². The standard InChI is InChI=1S/C16H15ClN2O5S/c1-9-2-3-10(6-13(9)17)18-16(21)19-25(22,23)11-4-5-15-12(7-11)14(20)8-24-15/h2-7,14,20H,8H2,1H3,(H2,18,19,21). The van der Waals surface area contributed by atoms with Crippen molar-refractivity contribution in [2.75, 3.05) is 11.9 Å². The maximum atomic E-state index is 12.3. The van der Waals surface area contributed by atoms with Crippen molar-refractivity contribution in [1.82, 2.24) is 4.72 Å². The molecule has 1 heterocycles. The lowest BCUT2D eigenvalue weighted by atomic mass is 10.1. The number of aliphatic hydroxyl groups excluding tert-OH is 1. The third-order valence-corrected chi connectivity index (χ3v) is 5.44. The number of anilines is 1. The molecule has 1 aliphatic heterocycles. The monoisotopic (exact) mass is 382 g/mol. The van der Waals surface area contributed by atoms with Crippen LogP contribution in [0.15, 0.2) is 41.3 Å². The number of benzene rings is 2. The summed E-state index contributed by atoms with van der Waals surface area (Å²) in [6, 6.07) is 7.94. The quantitative estimate of drug-likeness (QED) is 0.756. The molecule has 0 radical (unpaired) electrons. The highest BCUT2D eigenvalue weighted by Crippen LogP contribution is 2.33. The first-order valence-corrected chi connectivity index (χ1v) is 9.17. The minimum absolute atomic E-state index is 0.0704. The Balaban J connectivity index is 1.76. The van der Waals surface area contributed by atoms with Gasteiger partial charge in [-0.05, 0) is 42.8 Å². The molecule has 0 spiro atoms. The normalized spacial score (nSPS) is 16.0. The van der Waals surface area contributed by atoms with Crippen molar-refractivity contribution < 1.29 is 23.1 Å². The number of carbonyl (C=O) groups excluding carboxylic acids is 1. The first-order valence-electron chi connectivity index (χ1n) is 7.31. The molecule has 0 fully saturated rings. The van der Waals surface area contributed by atoms with E-state index in [-0.39, 0.29) is 11.5 Å². The molecule has 0 aliphatic carbocycles. The number of nitrogens with one attached hydrogen (secondary N) is 2. The van der Waals surface area contributed by atoms with Crippen molar-refractivity contribution in [1.29, 1.82) is 0 Å². The molecule has 0 aromatic heterocycles. The van der Waals surface area contributed by atoms with E-state index in [9.17, 15) is 18.3 Å². The summed E-state index contributed by atoms with van der Waals surface area (Å²) in [5, 5.41) is 12.6. The minimum Gasteiger partial charge on any atom is -0.490 e. The van der Waals surface area contributed by atoms with Crippen LogP contribution >= 0.6 is 11.6 Å². The summed E-state index contributed by atoms with van der Waals surface area (Å²) in [4.78, 5) is 11.8. The van der Waals surface area contributed by atoms with Crippen molar-refractivity contribution in [3.05, 3.63) is 52.5 Å². The molecule has 7 nitrogen and oxygen atoms in total. The predicted molar refractivity (Wildman–Crippen MR) is 92.4 cm³/mol. The van der Waals surface area contributed by atoms with Crippen LogP contribution in [-0.2, 0) is 10.0 Å². The zero-order valence-electron chi connectivity index (χ0n) is 13.1. The maximum absolute atomic E-state index is 12.3. The highest BCUT2D eigenvalue weighted by Gasteiger charge is 2.26. The van der Waals surface area contributed by atoms with E-state index < -0.39 is 22.2 Å². The molecule has 1 unspecified atom stereocenters. The summed E-state index contributed by atoms with van der Waals surface area (Å²) >= 11 is 5.97. The molecule has 3 N–H and O–H groups in total. The molecule has 25 heavy (non-hydrogen) atoms. The summed E-state index contributed by atoms with van der Waals surface area (Å²) in [6.07, 6.45) is -0.895. The summed E-state index contributed by atoms with van der Waals surface area (Å²) in [5.74, 6) is 0.421. The van der Waals surface area contributed by atoms with Crippen LogP contribution in [0.2, 0.25) is 5.02 Å². The van der Waals surface area contributed by atoms with Crippen LogP contribution in [0.3, 0.4) is 0 Å². The molecule has 1 atom stereocenters. The number of amides is 2. The Hall–Kier alpha value is -2.29. The lowest BCUT2D eigenvalue weighted by Gasteiger charge is -2.10. The number of carbonyl (C=O) groups is 1. The number of urea groups is 1. The Morgan fingerprint density at radius 3 is 2.76 bits per heavy atom. The second kappa shape index (κ2) is 6.55. The van der Waals surface area contributed by atoms with Gasteiger partial charge in [0.2, 0.25) is 0 Å². The van der Waals surface area contributed by atoms with Crippen LogP contribution in [0.5, 0.6) is 5.75 Å². The predicted octanol–water partition coefficient (Wildman–Crippen LogP) is 2.58. The Bertz CT molecular complexity index is 946. The number of halogens is 1. The fourth-order valence-electron chi connectivity index (χ4n) is 2.35. The Morgan fingerprint density at radius 1 is 1.28 bits per heavy atom. The van der Waals surface area contributed by atoms with E-state index in [2.05, 4.69) is 5.32 Å². The van der Waals surface area contributed by atoms with Crippen molar-refractivity contribution >= 4 is 33.3 Å². The largest absolute Gasteiger partial charge is 0.490 e. The molecular weight excluding hydrogens is 368 g/mol. The van der Waals surface area contributed by atoms with Gasteiger partial charge in [-0.3, -0.25) is 0 Å². The topological polar surface area (TPSA) is 105 Å². The van der Waals surface area contributed by atoms with Gasteiger partial charge in [-0.15, -0.1) is 0 Å². The average Bonchev–Trinajstić information content (AvgIpc) is 2.91. The summed E-state index contributed by atoms with van der Waals surface area (Å²) in [5.41, 5.74) is 1.56. The first kappa shape index (κ1) is 17.5. The maximum Gasteiger partial charge on any atom is 0.333 e.